The number of rotatable bonds is 7. The third-order valence-electron chi connectivity index (χ3n) is 4.23. The third-order valence-corrected chi connectivity index (χ3v) is 6.15. The van der Waals surface area contributed by atoms with Gasteiger partial charge in [-0.3, -0.25) is 14.7 Å². The number of nitrogens with two attached hydrogens (primary N) is 2. The average Bonchev–Trinajstić information content (AvgIpc) is 3.32. The summed E-state index contributed by atoms with van der Waals surface area (Å²) in [7, 11) is 0. The van der Waals surface area contributed by atoms with Crippen molar-refractivity contribution in [2.24, 2.45) is 10.9 Å². The molecule has 0 saturated heterocycles. The van der Waals surface area contributed by atoms with Crippen LogP contribution in [0.25, 0.3) is 10.4 Å². The van der Waals surface area contributed by atoms with Crippen molar-refractivity contribution in [3.63, 3.8) is 0 Å². The number of ether oxygens (including phenoxy) is 1. The Bertz CT molecular complexity index is 1000. The summed E-state index contributed by atoms with van der Waals surface area (Å²) >= 11 is 8.83. The van der Waals surface area contributed by atoms with Gasteiger partial charge in [0.15, 0.2) is 5.78 Å². The van der Waals surface area contributed by atoms with Crippen LogP contribution in [0.4, 0.5) is 0 Å². The van der Waals surface area contributed by atoms with E-state index in [1.807, 2.05) is 24.3 Å². The summed E-state index contributed by atoms with van der Waals surface area (Å²) < 4.78 is 5.91. The highest BCUT2D eigenvalue weighted by Gasteiger charge is 2.26. The van der Waals surface area contributed by atoms with Gasteiger partial charge in [-0.15, -0.1) is 11.3 Å². The van der Waals surface area contributed by atoms with Crippen molar-refractivity contribution in [2.45, 2.75) is 19.4 Å². The van der Waals surface area contributed by atoms with E-state index in [4.69, 9.17) is 27.2 Å². The molecule has 29 heavy (non-hydrogen) atoms. The second-order valence-corrected chi connectivity index (χ2v) is 8.44. The summed E-state index contributed by atoms with van der Waals surface area (Å²) in [5.41, 5.74) is 7.97. The second-order valence-electron chi connectivity index (χ2n) is 6.44. The van der Waals surface area contributed by atoms with Gasteiger partial charge in [0.05, 0.1) is 16.4 Å². The zero-order valence-electron chi connectivity index (χ0n) is 15.6. The van der Waals surface area contributed by atoms with E-state index in [0.29, 0.717) is 34.3 Å². The van der Waals surface area contributed by atoms with E-state index in [1.54, 1.807) is 6.92 Å². The van der Waals surface area contributed by atoms with E-state index in [-0.39, 0.29) is 17.8 Å². The first-order chi connectivity index (χ1) is 13.9. The molecule has 1 unspecified atom stereocenters. The van der Waals surface area contributed by atoms with E-state index < -0.39 is 0 Å². The van der Waals surface area contributed by atoms with Crippen molar-refractivity contribution in [2.75, 3.05) is 6.54 Å². The lowest BCUT2D eigenvalue weighted by Crippen LogP contribution is -2.33. The molecule has 2 aromatic rings. The zero-order valence-corrected chi connectivity index (χ0v) is 18.0. The number of carbonyl (C=O) groups is 2. The van der Waals surface area contributed by atoms with Gasteiger partial charge in [0, 0.05) is 34.0 Å². The number of carbonyl (C=O) groups excluding carboxylic acids is 2. The minimum absolute atomic E-state index is 0.0423. The molecule has 1 atom stereocenters. The molecular weight excluding hydrogens is 430 g/mol. The largest absolute Gasteiger partial charge is 0.486 e. The van der Waals surface area contributed by atoms with Crippen molar-refractivity contribution in [3.8, 4) is 16.2 Å². The maximum atomic E-state index is 11.9. The number of amides is 1. The number of fused-ring (bicyclic) bond motifs is 1. The van der Waals surface area contributed by atoms with Crippen molar-refractivity contribution in [1.29, 1.82) is 0 Å². The van der Waals surface area contributed by atoms with Crippen molar-refractivity contribution < 1.29 is 14.3 Å². The lowest BCUT2D eigenvalue weighted by molar-refractivity contribution is -0.116. The Balaban J connectivity index is 1.64. The van der Waals surface area contributed by atoms with Crippen LogP contribution in [-0.2, 0) is 11.2 Å². The standard InChI is InChI=1S/C20H20ClN3O3S2/c1-11(25)17-3-4-18(29-17)12-6-13-7-15(27-20(13)16(21)8-12)9-24-19(26)5-2-14(22)10-28-23/h2-6,8,10,15H,7,9,22-23H2,1H3,(H,24,26)/b5-2+,14-10-. The average molecular weight is 450 g/mol. The van der Waals surface area contributed by atoms with Crippen LogP contribution in [0, 0.1) is 0 Å². The van der Waals surface area contributed by atoms with Crippen molar-refractivity contribution >= 4 is 46.6 Å². The highest BCUT2D eigenvalue weighted by molar-refractivity contribution is 8.00. The fraction of sp³-hybridized carbons (Fsp3) is 0.200. The van der Waals surface area contributed by atoms with Crippen LogP contribution in [0.3, 0.4) is 0 Å². The van der Waals surface area contributed by atoms with Crippen molar-refractivity contribution in [1.82, 2.24) is 5.32 Å². The molecule has 3 rings (SSSR count). The summed E-state index contributed by atoms with van der Waals surface area (Å²) in [6.07, 6.45) is 3.25. The monoisotopic (exact) mass is 449 g/mol. The minimum atomic E-state index is -0.273. The molecule has 9 heteroatoms. The molecule has 0 saturated carbocycles. The first-order valence-corrected chi connectivity index (χ1v) is 10.9. The molecule has 0 bridgehead atoms. The Morgan fingerprint density at radius 2 is 2.17 bits per heavy atom. The predicted molar refractivity (Wildman–Crippen MR) is 119 cm³/mol. The van der Waals surface area contributed by atoms with E-state index in [2.05, 4.69) is 5.32 Å². The zero-order chi connectivity index (χ0) is 21.0. The Kier molecular flexibility index (Phi) is 7.02. The number of hydrogen-bond acceptors (Lipinski definition) is 7. The van der Waals surface area contributed by atoms with Crippen LogP contribution >= 0.6 is 34.9 Å². The smallest absolute Gasteiger partial charge is 0.244 e. The van der Waals surface area contributed by atoms with Gasteiger partial charge in [-0.05, 0) is 42.8 Å². The molecule has 0 radical (unpaired) electrons. The summed E-state index contributed by atoms with van der Waals surface area (Å²) in [6, 6.07) is 7.60. The van der Waals surface area contributed by atoms with Crippen LogP contribution in [0.5, 0.6) is 5.75 Å². The van der Waals surface area contributed by atoms with Gasteiger partial charge in [0.1, 0.15) is 11.9 Å². The number of benzene rings is 1. The van der Waals surface area contributed by atoms with Gasteiger partial charge in [0.2, 0.25) is 5.91 Å². The topological polar surface area (TPSA) is 107 Å². The molecular formula is C20H20ClN3O3S2. The molecule has 0 spiro atoms. The van der Waals surface area contributed by atoms with Gasteiger partial charge in [-0.1, -0.05) is 23.5 Å². The molecule has 5 N–H and O–H groups in total. The molecule has 1 aliphatic rings. The normalized spacial score (nSPS) is 16.0. The molecule has 6 nitrogen and oxygen atoms in total. The van der Waals surface area contributed by atoms with Crippen molar-refractivity contribution in [3.05, 3.63) is 63.0 Å². The first kappa shape index (κ1) is 21.4. The van der Waals surface area contributed by atoms with E-state index in [0.717, 1.165) is 28.0 Å². The summed E-state index contributed by atoms with van der Waals surface area (Å²) in [5.74, 6) is 0.409. The van der Waals surface area contributed by atoms with Crippen LogP contribution in [0.1, 0.15) is 22.2 Å². The third kappa shape index (κ3) is 5.42. The van der Waals surface area contributed by atoms with Gasteiger partial charge in [0.25, 0.3) is 0 Å². The second kappa shape index (κ2) is 9.49. The summed E-state index contributed by atoms with van der Waals surface area (Å²) in [6.45, 7) is 1.89. The SMILES string of the molecule is CC(=O)c1ccc(-c2cc(Cl)c3c(c2)CC(CNC(=O)/C=C/C(N)=C/SN)O3)s1. The van der Waals surface area contributed by atoms with E-state index >= 15 is 0 Å². The van der Waals surface area contributed by atoms with Gasteiger partial charge in [-0.25, -0.2) is 0 Å². The Labute approximate surface area is 182 Å². The maximum absolute atomic E-state index is 11.9. The number of ketones is 1. The molecule has 1 aromatic heterocycles. The predicted octanol–water partition coefficient (Wildman–Crippen LogP) is 3.65. The highest BCUT2D eigenvalue weighted by atomic mass is 35.5. The number of halogens is 1. The number of allylic oxidation sites excluding steroid dienone is 1. The summed E-state index contributed by atoms with van der Waals surface area (Å²) in [5, 5.41) is 10.1. The minimum Gasteiger partial charge on any atom is -0.486 e. The highest BCUT2D eigenvalue weighted by Crippen LogP contribution is 2.41. The number of nitrogens with one attached hydrogen (secondary N) is 1. The quantitative estimate of drug-likeness (QED) is 0.258. The van der Waals surface area contributed by atoms with Gasteiger partial charge in [-0.2, -0.15) is 0 Å². The van der Waals surface area contributed by atoms with Crippen LogP contribution in [0.15, 0.2) is 47.5 Å². The number of Topliss-reactive ketones (excluding diaryl/α,β-unsaturated/α-hetero) is 1. The van der Waals surface area contributed by atoms with Crippen LogP contribution < -0.4 is 20.9 Å². The number of hydrogen-bond donors (Lipinski definition) is 3. The fourth-order valence-corrected chi connectivity index (χ4v) is 4.30. The molecule has 0 aliphatic carbocycles. The lowest BCUT2D eigenvalue weighted by atomic mass is 10.1. The molecule has 1 aliphatic heterocycles. The van der Waals surface area contributed by atoms with Gasteiger partial charge >= 0.3 is 0 Å². The Hall–Kier alpha value is -2.26. The number of thiophene rings is 1. The molecule has 0 fully saturated rings. The molecule has 1 aromatic carbocycles. The Morgan fingerprint density at radius 1 is 1.38 bits per heavy atom. The lowest BCUT2D eigenvalue weighted by Gasteiger charge is -2.11. The van der Waals surface area contributed by atoms with Crippen LogP contribution in [0.2, 0.25) is 5.02 Å². The molecule has 152 valence electrons. The Morgan fingerprint density at radius 3 is 2.86 bits per heavy atom. The van der Waals surface area contributed by atoms with Gasteiger partial charge < -0.3 is 15.8 Å². The first-order valence-electron chi connectivity index (χ1n) is 8.74. The van der Waals surface area contributed by atoms with Crippen LogP contribution in [-0.4, -0.2) is 24.3 Å². The summed E-state index contributed by atoms with van der Waals surface area (Å²) in [4.78, 5) is 25.1. The van der Waals surface area contributed by atoms with E-state index in [9.17, 15) is 9.59 Å². The van der Waals surface area contributed by atoms with E-state index in [1.165, 1.54) is 28.9 Å². The molecule has 1 amide bonds. The fourth-order valence-electron chi connectivity index (χ4n) is 2.89. The maximum Gasteiger partial charge on any atom is 0.244 e. The molecule has 2 heterocycles.